The van der Waals surface area contributed by atoms with Crippen molar-refractivity contribution in [1.82, 2.24) is 10.3 Å². The Bertz CT molecular complexity index is 383. The number of nitrogens with one attached hydrogen (secondary N) is 1. The molecule has 0 radical (unpaired) electrons. The van der Waals surface area contributed by atoms with E-state index < -0.39 is 0 Å². The maximum atomic E-state index is 4.97. The average molecular weight is 281 g/mol. The van der Waals surface area contributed by atoms with Crippen LogP contribution < -0.4 is 10.2 Å². The molecule has 0 spiro atoms. The molecule has 1 unspecified atom stereocenters. The largest absolute Gasteiger partial charge is 0.348 e. The molecule has 1 aromatic rings. The van der Waals surface area contributed by atoms with Crippen molar-refractivity contribution >= 4 is 16.5 Å². The molecule has 0 fully saturated rings. The number of fused-ring (bicyclic) bond motifs is 1. The second-order valence-corrected chi connectivity index (χ2v) is 6.36. The minimum absolute atomic E-state index is 0.490. The first kappa shape index (κ1) is 14.8. The van der Waals surface area contributed by atoms with Crippen LogP contribution >= 0.6 is 11.3 Å². The van der Waals surface area contributed by atoms with Gasteiger partial charge in [0.15, 0.2) is 5.13 Å². The Morgan fingerprint density at radius 1 is 1.26 bits per heavy atom. The van der Waals surface area contributed by atoms with Gasteiger partial charge in [-0.15, -0.1) is 11.3 Å². The third kappa shape index (κ3) is 3.48. The van der Waals surface area contributed by atoms with E-state index in [9.17, 15) is 0 Å². The van der Waals surface area contributed by atoms with Crippen LogP contribution in [0.5, 0.6) is 0 Å². The lowest BCUT2D eigenvalue weighted by Crippen LogP contribution is -2.26. The van der Waals surface area contributed by atoms with E-state index in [2.05, 4.69) is 31.0 Å². The maximum absolute atomic E-state index is 4.97. The van der Waals surface area contributed by atoms with Crippen LogP contribution in [-0.4, -0.2) is 24.6 Å². The molecule has 1 aromatic heterocycles. The number of nitrogens with zero attached hydrogens (tertiary/aromatic N) is 2. The van der Waals surface area contributed by atoms with Gasteiger partial charge < -0.3 is 10.2 Å². The summed E-state index contributed by atoms with van der Waals surface area (Å²) in [5.74, 6) is 0. The molecule has 1 atom stereocenters. The van der Waals surface area contributed by atoms with Crippen molar-refractivity contribution in [1.29, 1.82) is 0 Å². The van der Waals surface area contributed by atoms with Gasteiger partial charge in [-0.25, -0.2) is 4.98 Å². The van der Waals surface area contributed by atoms with Gasteiger partial charge in [-0.05, 0) is 38.6 Å². The second-order valence-electron chi connectivity index (χ2n) is 5.29. The van der Waals surface area contributed by atoms with Crippen LogP contribution in [0.3, 0.4) is 0 Å². The second kappa shape index (κ2) is 7.25. The molecule has 0 saturated heterocycles. The lowest BCUT2D eigenvalue weighted by Gasteiger charge is -2.21. The minimum atomic E-state index is 0.490. The Morgan fingerprint density at radius 3 is 2.63 bits per heavy atom. The van der Waals surface area contributed by atoms with E-state index >= 15 is 0 Å². The number of aryl methyl sites for hydroxylation is 1. The summed E-state index contributed by atoms with van der Waals surface area (Å²) in [6, 6.07) is 0.490. The number of hydrogen-bond donors (Lipinski definition) is 1. The van der Waals surface area contributed by atoms with Gasteiger partial charge in [0.25, 0.3) is 0 Å². The molecular weight excluding hydrogens is 254 g/mol. The van der Waals surface area contributed by atoms with Crippen molar-refractivity contribution in [2.75, 3.05) is 24.5 Å². The molecule has 0 aromatic carbocycles. The highest BCUT2D eigenvalue weighted by molar-refractivity contribution is 7.15. The van der Waals surface area contributed by atoms with Gasteiger partial charge in [0, 0.05) is 18.0 Å². The molecule has 19 heavy (non-hydrogen) atoms. The molecule has 1 heterocycles. The van der Waals surface area contributed by atoms with Crippen LogP contribution in [0.25, 0.3) is 0 Å². The summed E-state index contributed by atoms with van der Waals surface area (Å²) in [6.45, 7) is 9.97. The van der Waals surface area contributed by atoms with Crippen molar-refractivity contribution in [3.05, 3.63) is 10.6 Å². The first-order valence-electron chi connectivity index (χ1n) is 7.78. The molecular formula is C15H27N3S. The third-order valence-corrected chi connectivity index (χ3v) is 4.84. The molecule has 1 aliphatic carbocycles. The number of rotatable bonds is 7. The summed E-state index contributed by atoms with van der Waals surface area (Å²) < 4.78 is 0. The summed E-state index contributed by atoms with van der Waals surface area (Å²) in [4.78, 5) is 8.95. The maximum Gasteiger partial charge on any atom is 0.185 e. The van der Waals surface area contributed by atoms with Crippen LogP contribution in [0.15, 0.2) is 0 Å². The fraction of sp³-hybridized carbons (Fsp3) is 0.800. The van der Waals surface area contributed by atoms with Crippen molar-refractivity contribution in [3.8, 4) is 0 Å². The monoisotopic (exact) mass is 281 g/mol. The van der Waals surface area contributed by atoms with Gasteiger partial charge in [0.2, 0.25) is 0 Å². The highest BCUT2D eigenvalue weighted by Crippen LogP contribution is 2.36. The van der Waals surface area contributed by atoms with Crippen molar-refractivity contribution in [2.24, 2.45) is 0 Å². The third-order valence-electron chi connectivity index (χ3n) is 3.65. The minimum Gasteiger partial charge on any atom is -0.348 e. The van der Waals surface area contributed by atoms with E-state index in [0.29, 0.717) is 6.04 Å². The lowest BCUT2D eigenvalue weighted by molar-refractivity contribution is 0.465. The molecule has 3 nitrogen and oxygen atoms in total. The Hall–Kier alpha value is -0.610. The van der Waals surface area contributed by atoms with E-state index in [4.69, 9.17) is 4.98 Å². The first-order valence-corrected chi connectivity index (χ1v) is 8.59. The molecule has 0 aliphatic heterocycles. The van der Waals surface area contributed by atoms with E-state index in [0.717, 1.165) is 19.6 Å². The van der Waals surface area contributed by atoms with Gasteiger partial charge in [0.05, 0.1) is 11.7 Å². The molecule has 0 bridgehead atoms. The SMILES string of the molecule is CCCN(CCC)c1nc2c(s1)CCCC2NCC. The Kier molecular flexibility index (Phi) is 5.64. The highest BCUT2D eigenvalue weighted by atomic mass is 32.1. The Balaban J connectivity index is 2.19. The molecule has 108 valence electrons. The van der Waals surface area contributed by atoms with Gasteiger partial charge in [0.1, 0.15) is 0 Å². The van der Waals surface area contributed by atoms with Crippen LogP contribution in [0.4, 0.5) is 5.13 Å². The fourth-order valence-corrected chi connectivity index (χ4v) is 4.04. The van der Waals surface area contributed by atoms with Crippen LogP contribution in [-0.2, 0) is 6.42 Å². The Labute approximate surface area is 121 Å². The summed E-state index contributed by atoms with van der Waals surface area (Å²) in [5.41, 5.74) is 1.34. The smallest absolute Gasteiger partial charge is 0.185 e. The summed E-state index contributed by atoms with van der Waals surface area (Å²) in [5, 5.41) is 4.83. The zero-order valence-corrected chi connectivity index (χ0v) is 13.4. The molecule has 0 saturated carbocycles. The predicted molar refractivity (Wildman–Crippen MR) is 84.3 cm³/mol. The van der Waals surface area contributed by atoms with Gasteiger partial charge >= 0.3 is 0 Å². The Morgan fingerprint density at radius 2 is 2.00 bits per heavy atom. The van der Waals surface area contributed by atoms with Crippen molar-refractivity contribution in [3.63, 3.8) is 0 Å². The number of aromatic nitrogens is 1. The van der Waals surface area contributed by atoms with Gasteiger partial charge in [-0.3, -0.25) is 0 Å². The summed E-state index contributed by atoms with van der Waals surface area (Å²) in [6.07, 6.45) is 6.15. The van der Waals surface area contributed by atoms with E-state index in [1.807, 2.05) is 11.3 Å². The highest BCUT2D eigenvalue weighted by Gasteiger charge is 2.25. The molecule has 1 N–H and O–H groups in total. The number of anilines is 1. The quantitative estimate of drug-likeness (QED) is 0.825. The molecule has 4 heteroatoms. The zero-order valence-electron chi connectivity index (χ0n) is 12.5. The summed E-state index contributed by atoms with van der Waals surface area (Å²) >= 11 is 1.93. The van der Waals surface area contributed by atoms with Crippen LogP contribution in [0.1, 0.15) is 63.1 Å². The molecule has 2 rings (SSSR count). The van der Waals surface area contributed by atoms with Gasteiger partial charge in [-0.1, -0.05) is 20.8 Å². The fourth-order valence-electron chi connectivity index (χ4n) is 2.83. The molecule has 0 amide bonds. The lowest BCUT2D eigenvalue weighted by atomic mass is 9.98. The predicted octanol–water partition coefficient (Wildman–Crippen LogP) is 3.76. The number of hydrogen-bond acceptors (Lipinski definition) is 4. The van der Waals surface area contributed by atoms with E-state index in [-0.39, 0.29) is 0 Å². The van der Waals surface area contributed by atoms with Crippen molar-refractivity contribution in [2.45, 2.75) is 58.9 Å². The average Bonchev–Trinajstić information content (AvgIpc) is 2.84. The first-order chi connectivity index (χ1) is 9.30. The van der Waals surface area contributed by atoms with Gasteiger partial charge in [-0.2, -0.15) is 0 Å². The van der Waals surface area contributed by atoms with Crippen LogP contribution in [0, 0.1) is 0 Å². The van der Waals surface area contributed by atoms with E-state index in [1.54, 1.807) is 0 Å². The topological polar surface area (TPSA) is 28.2 Å². The molecule has 1 aliphatic rings. The van der Waals surface area contributed by atoms with E-state index in [1.165, 1.54) is 47.8 Å². The van der Waals surface area contributed by atoms with Crippen LogP contribution in [0.2, 0.25) is 0 Å². The standard InChI is InChI=1S/C15H27N3S/c1-4-10-18(11-5-2)15-17-14-12(16-6-3)8-7-9-13(14)19-15/h12,16H,4-11H2,1-3H3. The number of thiazole rings is 1. The normalized spacial score (nSPS) is 18.4. The zero-order chi connectivity index (χ0) is 13.7. The summed E-state index contributed by atoms with van der Waals surface area (Å²) in [7, 11) is 0. The van der Waals surface area contributed by atoms with Crippen molar-refractivity contribution < 1.29 is 0 Å².